The fraction of sp³-hybridized carbons (Fsp3) is 0.647. The smallest absolute Gasteiger partial charge is 0.119 e. The highest BCUT2D eigenvalue weighted by atomic mass is 16.5. The van der Waals surface area contributed by atoms with Crippen LogP contribution in [-0.4, -0.2) is 23.9 Å². The largest absolute Gasteiger partial charge is 0.497 e. The van der Waals surface area contributed by atoms with Gasteiger partial charge in [-0.1, -0.05) is 19.3 Å². The lowest BCUT2D eigenvalue weighted by atomic mass is 9.65. The van der Waals surface area contributed by atoms with Crippen LogP contribution in [0.1, 0.15) is 44.9 Å². The van der Waals surface area contributed by atoms with Gasteiger partial charge < -0.3 is 15.2 Å². The fourth-order valence-corrected chi connectivity index (χ4v) is 4.01. The highest BCUT2D eigenvalue weighted by molar-refractivity contribution is 5.47. The summed E-state index contributed by atoms with van der Waals surface area (Å²) < 4.78 is 5.19. The lowest BCUT2D eigenvalue weighted by Crippen LogP contribution is -2.56. The number of fused-ring (bicyclic) bond motifs is 1. The molecule has 2 fully saturated rings. The molecule has 0 bridgehead atoms. The molecule has 20 heavy (non-hydrogen) atoms. The molecule has 0 heterocycles. The molecule has 2 saturated carbocycles. The molecule has 3 rings (SSSR count). The van der Waals surface area contributed by atoms with E-state index in [2.05, 4.69) is 5.32 Å². The van der Waals surface area contributed by atoms with Gasteiger partial charge in [-0.3, -0.25) is 0 Å². The van der Waals surface area contributed by atoms with Crippen molar-refractivity contribution >= 4 is 5.69 Å². The van der Waals surface area contributed by atoms with E-state index in [-0.39, 0.29) is 6.04 Å². The minimum Gasteiger partial charge on any atom is -0.497 e. The molecule has 3 nitrogen and oxygen atoms in total. The van der Waals surface area contributed by atoms with Crippen LogP contribution in [0.3, 0.4) is 0 Å². The summed E-state index contributed by atoms with van der Waals surface area (Å²) >= 11 is 0. The predicted molar refractivity (Wildman–Crippen MR) is 81.2 cm³/mol. The highest BCUT2D eigenvalue weighted by Crippen LogP contribution is 2.44. The van der Waals surface area contributed by atoms with Gasteiger partial charge in [-0.2, -0.15) is 0 Å². The SMILES string of the molecule is COc1ccc(N[C@H]2CCC[C@H]3CCCC[C@]32O)cc1. The van der Waals surface area contributed by atoms with Gasteiger partial charge >= 0.3 is 0 Å². The van der Waals surface area contributed by atoms with Crippen LogP contribution in [0.4, 0.5) is 5.69 Å². The molecule has 2 aliphatic carbocycles. The zero-order valence-electron chi connectivity index (χ0n) is 12.3. The van der Waals surface area contributed by atoms with Gasteiger partial charge in [-0.05, 0) is 55.9 Å². The van der Waals surface area contributed by atoms with Crippen molar-refractivity contribution < 1.29 is 9.84 Å². The first-order chi connectivity index (χ1) is 9.72. The standard InChI is InChI=1S/C17H25NO2/c1-20-15-10-8-14(9-11-15)18-16-7-4-6-13-5-2-3-12-17(13,16)19/h8-11,13,16,18-19H,2-7,12H2,1H3/t13-,16+,17+/m1/s1. The number of rotatable bonds is 3. The molecule has 2 aliphatic rings. The van der Waals surface area contributed by atoms with Gasteiger partial charge in [0.1, 0.15) is 5.75 Å². The Kier molecular flexibility index (Phi) is 3.88. The number of hydrogen-bond acceptors (Lipinski definition) is 3. The number of methoxy groups -OCH3 is 1. The molecule has 3 atom stereocenters. The Hall–Kier alpha value is -1.22. The van der Waals surface area contributed by atoms with Gasteiger partial charge in [0, 0.05) is 5.69 Å². The zero-order valence-corrected chi connectivity index (χ0v) is 12.3. The normalized spacial score (nSPS) is 33.3. The van der Waals surface area contributed by atoms with Crippen LogP contribution >= 0.6 is 0 Å². The van der Waals surface area contributed by atoms with Crippen LogP contribution in [0.5, 0.6) is 5.75 Å². The topological polar surface area (TPSA) is 41.5 Å². The van der Waals surface area contributed by atoms with Crippen LogP contribution in [0.15, 0.2) is 24.3 Å². The van der Waals surface area contributed by atoms with Gasteiger partial charge in [0.2, 0.25) is 0 Å². The first kappa shape index (κ1) is 13.7. The molecule has 0 radical (unpaired) electrons. The molecular formula is C17H25NO2. The second-order valence-electron chi connectivity index (χ2n) is 6.29. The number of aliphatic hydroxyl groups is 1. The van der Waals surface area contributed by atoms with Crippen LogP contribution < -0.4 is 10.1 Å². The van der Waals surface area contributed by atoms with Crippen molar-refractivity contribution in [3.63, 3.8) is 0 Å². The molecule has 0 spiro atoms. The second-order valence-corrected chi connectivity index (χ2v) is 6.29. The lowest BCUT2D eigenvalue weighted by molar-refractivity contribution is -0.0835. The Morgan fingerprint density at radius 3 is 2.60 bits per heavy atom. The van der Waals surface area contributed by atoms with E-state index in [0.29, 0.717) is 5.92 Å². The first-order valence-electron chi connectivity index (χ1n) is 7.85. The highest BCUT2D eigenvalue weighted by Gasteiger charge is 2.47. The van der Waals surface area contributed by atoms with Crippen LogP contribution in [-0.2, 0) is 0 Å². The van der Waals surface area contributed by atoms with E-state index in [0.717, 1.165) is 30.7 Å². The van der Waals surface area contributed by atoms with Crippen LogP contribution in [0.25, 0.3) is 0 Å². The lowest BCUT2D eigenvalue weighted by Gasteiger charge is -2.49. The maximum absolute atomic E-state index is 11.1. The summed E-state index contributed by atoms with van der Waals surface area (Å²) in [6, 6.07) is 8.19. The van der Waals surface area contributed by atoms with E-state index in [1.54, 1.807) is 7.11 Å². The van der Waals surface area contributed by atoms with E-state index >= 15 is 0 Å². The molecule has 0 aromatic heterocycles. The van der Waals surface area contributed by atoms with E-state index in [1.165, 1.54) is 25.7 Å². The summed E-state index contributed by atoms with van der Waals surface area (Å²) in [6.07, 6.45) is 8.07. The Morgan fingerprint density at radius 1 is 1.10 bits per heavy atom. The average Bonchev–Trinajstić information content (AvgIpc) is 2.49. The minimum atomic E-state index is -0.504. The van der Waals surface area contributed by atoms with Crippen molar-refractivity contribution in [3.05, 3.63) is 24.3 Å². The minimum absolute atomic E-state index is 0.190. The summed E-state index contributed by atoms with van der Waals surface area (Å²) in [5.41, 5.74) is 0.576. The van der Waals surface area contributed by atoms with Gasteiger partial charge in [-0.25, -0.2) is 0 Å². The Morgan fingerprint density at radius 2 is 1.85 bits per heavy atom. The molecular weight excluding hydrogens is 250 g/mol. The third kappa shape index (κ3) is 2.51. The number of ether oxygens (including phenoxy) is 1. The van der Waals surface area contributed by atoms with E-state index in [9.17, 15) is 5.11 Å². The van der Waals surface area contributed by atoms with Crippen molar-refractivity contribution in [3.8, 4) is 5.75 Å². The van der Waals surface area contributed by atoms with Gasteiger partial charge in [0.25, 0.3) is 0 Å². The second kappa shape index (κ2) is 5.65. The summed E-state index contributed by atoms with van der Waals surface area (Å²) in [4.78, 5) is 0. The van der Waals surface area contributed by atoms with Gasteiger partial charge in [0.05, 0.1) is 18.8 Å². The number of hydrogen-bond donors (Lipinski definition) is 2. The summed E-state index contributed by atoms with van der Waals surface area (Å²) in [7, 11) is 1.68. The van der Waals surface area contributed by atoms with E-state index < -0.39 is 5.60 Å². The third-order valence-corrected chi connectivity index (χ3v) is 5.17. The predicted octanol–water partition coefficient (Wildman–Crippen LogP) is 3.58. The molecule has 0 unspecified atom stereocenters. The monoisotopic (exact) mass is 275 g/mol. The maximum atomic E-state index is 11.1. The summed E-state index contributed by atoms with van der Waals surface area (Å²) in [5, 5.41) is 14.7. The summed E-state index contributed by atoms with van der Waals surface area (Å²) in [6.45, 7) is 0. The average molecular weight is 275 g/mol. The maximum Gasteiger partial charge on any atom is 0.119 e. The Labute approximate surface area is 121 Å². The van der Waals surface area contributed by atoms with E-state index in [1.807, 2.05) is 24.3 Å². The molecule has 1 aromatic carbocycles. The van der Waals surface area contributed by atoms with Crippen LogP contribution in [0, 0.1) is 5.92 Å². The zero-order chi connectivity index (χ0) is 14.0. The van der Waals surface area contributed by atoms with Crippen molar-refractivity contribution in [1.29, 1.82) is 0 Å². The van der Waals surface area contributed by atoms with Crippen molar-refractivity contribution in [2.24, 2.45) is 5.92 Å². The molecule has 2 N–H and O–H groups in total. The fourth-order valence-electron chi connectivity index (χ4n) is 4.01. The third-order valence-electron chi connectivity index (χ3n) is 5.17. The molecule has 0 saturated heterocycles. The number of anilines is 1. The number of nitrogens with one attached hydrogen (secondary N) is 1. The first-order valence-corrected chi connectivity index (χ1v) is 7.85. The molecule has 3 heteroatoms. The van der Waals surface area contributed by atoms with Gasteiger partial charge in [0.15, 0.2) is 0 Å². The van der Waals surface area contributed by atoms with Crippen LogP contribution in [0.2, 0.25) is 0 Å². The van der Waals surface area contributed by atoms with Crippen molar-refractivity contribution in [2.45, 2.75) is 56.6 Å². The Balaban J connectivity index is 1.74. The van der Waals surface area contributed by atoms with Gasteiger partial charge in [-0.15, -0.1) is 0 Å². The number of benzene rings is 1. The quantitative estimate of drug-likeness (QED) is 0.886. The Bertz CT molecular complexity index is 443. The molecule has 110 valence electrons. The van der Waals surface area contributed by atoms with Crippen molar-refractivity contribution in [2.75, 3.05) is 12.4 Å². The molecule has 1 aromatic rings. The molecule has 0 amide bonds. The van der Waals surface area contributed by atoms with E-state index in [4.69, 9.17) is 4.74 Å². The summed E-state index contributed by atoms with van der Waals surface area (Å²) in [5.74, 6) is 1.36. The van der Waals surface area contributed by atoms with Crippen molar-refractivity contribution in [1.82, 2.24) is 0 Å². The molecule has 0 aliphatic heterocycles.